The smallest absolute Gasteiger partial charge is 0.163 e. The van der Waals surface area contributed by atoms with Crippen LogP contribution in [0.15, 0.2) is 158 Å². The molecule has 0 saturated carbocycles. The molecule has 0 aliphatic heterocycles. The van der Waals surface area contributed by atoms with Gasteiger partial charge < -0.3 is 9.13 Å². The molecule has 0 aliphatic carbocycles. The molecule has 6 nitrogen and oxygen atoms in total. The highest BCUT2D eigenvalue weighted by Crippen LogP contribution is 2.51. The maximum absolute atomic E-state index is 11.8. The Balaban J connectivity index is 1.43. The molecule has 0 aliphatic rings. The third-order valence-electron chi connectivity index (χ3n) is 17.9. The number of hydrogen-bond donors (Lipinski definition) is 0. The Kier molecular flexibility index (Phi) is 13.0. The van der Waals surface area contributed by atoms with Crippen LogP contribution in [-0.2, 0) is 32.5 Å². The molecule has 0 bridgehead atoms. The molecule has 8 aromatic carbocycles. The van der Waals surface area contributed by atoms with Gasteiger partial charge in [-0.25, -0.2) is 4.98 Å². The molecule has 426 valence electrons. The fourth-order valence-corrected chi connectivity index (χ4v) is 12.7. The molecular weight excluding hydrogens is 1030 g/mol. The highest BCUT2D eigenvalue weighted by atomic mass is 15.1. The van der Waals surface area contributed by atoms with E-state index in [1.165, 1.54) is 33.4 Å². The molecule has 6 heteroatoms. The summed E-state index contributed by atoms with van der Waals surface area (Å²) >= 11 is 0. The van der Waals surface area contributed by atoms with Crippen molar-refractivity contribution in [2.75, 3.05) is 0 Å². The zero-order valence-electron chi connectivity index (χ0n) is 53.2. The summed E-state index contributed by atoms with van der Waals surface area (Å²) in [6.45, 7) is 41.1. The summed E-state index contributed by atoms with van der Waals surface area (Å²) < 4.78 is 7.29. The average Bonchev–Trinajstić information content (AvgIpc) is 1.64. The van der Waals surface area contributed by atoms with Gasteiger partial charge in [-0.15, -0.1) is 0 Å². The molecule has 4 heterocycles. The standard InChI is InChI=1S/C79H80N6/c1-74(2,3)49-27-33-63-56(39-49)57-40-50(75(4,5)6)28-34-64(57)83(63)71-69(55-26-22-25-48(45-80)62(55)46-81)72(84-65-35-29-51(76(7,8)9)41-58(65)59-42-52(77(10,11)12)30-36-66(59)84)73(82-70(71)47-23-20-19-21-24-47)85-67-37-31-53(78(13,14)15)43-60(67)61-44-54(79(16,17)18)32-38-68(61)85/h19-44H,1-18H3. The number of benzene rings is 8. The fourth-order valence-electron chi connectivity index (χ4n) is 12.7. The Hall–Kier alpha value is -8.71. The molecule has 0 unspecified atom stereocenters. The number of pyridine rings is 1. The molecule has 0 atom stereocenters. The van der Waals surface area contributed by atoms with E-state index >= 15 is 0 Å². The maximum Gasteiger partial charge on any atom is 0.163 e. The Morgan fingerprint density at radius 2 is 0.647 bits per heavy atom. The minimum absolute atomic E-state index is 0.132. The van der Waals surface area contributed by atoms with Crippen LogP contribution < -0.4 is 0 Å². The fraction of sp³-hybridized carbons (Fsp3) is 0.304. The number of hydrogen-bond acceptors (Lipinski definition) is 3. The van der Waals surface area contributed by atoms with E-state index in [4.69, 9.17) is 4.98 Å². The van der Waals surface area contributed by atoms with E-state index in [-0.39, 0.29) is 32.5 Å². The van der Waals surface area contributed by atoms with E-state index < -0.39 is 0 Å². The predicted octanol–water partition coefficient (Wildman–Crippen LogP) is 21.2. The summed E-state index contributed by atoms with van der Waals surface area (Å²) in [5.41, 5.74) is 17.9. The van der Waals surface area contributed by atoms with Crippen LogP contribution in [0.2, 0.25) is 0 Å². The van der Waals surface area contributed by atoms with Gasteiger partial charge in [0.15, 0.2) is 5.82 Å². The van der Waals surface area contributed by atoms with Crippen molar-refractivity contribution in [3.8, 4) is 51.7 Å². The lowest BCUT2D eigenvalue weighted by molar-refractivity contribution is 0.590. The highest BCUT2D eigenvalue weighted by Gasteiger charge is 2.35. The van der Waals surface area contributed by atoms with Crippen molar-refractivity contribution in [1.29, 1.82) is 10.5 Å². The number of nitriles is 2. The molecule has 12 aromatic rings. The number of aromatic nitrogens is 4. The highest BCUT2D eigenvalue weighted by molar-refractivity contribution is 6.15. The SMILES string of the molecule is CC(C)(C)c1ccc2c(c1)c1cc(C(C)(C)C)ccc1n2-c1nc(-c2ccccc2)c(-n2c3ccc(C(C)(C)C)cc3c3cc(C(C)(C)C)ccc32)c(-c2cccc(C#N)c2C#N)c1-n1c2ccc(C(C)(C)C)cc2c2cc(C(C)(C)C)ccc21. The Morgan fingerprint density at radius 1 is 0.329 bits per heavy atom. The maximum atomic E-state index is 11.8. The lowest BCUT2D eigenvalue weighted by Gasteiger charge is -2.27. The lowest BCUT2D eigenvalue weighted by Crippen LogP contribution is -2.15. The molecule has 12 rings (SSSR count). The Bertz CT molecular complexity index is 4610. The van der Waals surface area contributed by atoms with E-state index in [1.807, 2.05) is 6.07 Å². The van der Waals surface area contributed by atoms with E-state index in [0.717, 1.165) is 93.6 Å². The molecule has 0 N–H and O–H groups in total. The largest absolute Gasteiger partial charge is 0.306 e. The molecular formula is C79H80N6. The van der Waals surface area contributed by atoms with Gasteiger partial charge in [-0.3, -0.25) is 4.57 Å². The Labute approximate surface area is 503 Å². The summed E-state index contributed by atoms with van der Waals surface area (Å²) in [5, 5.41) is 29.8. The second kappa shape index (κ2) is 19.4. The van der Waals surface area contributed by atoms with Gasteiger partial charge in [-0.05, 0) is 145 Å². The monoisotopic (exact) mass is 1110 g/mol. The van der Waals surface area contributed by atoms with Gasteiger partial charge in [0.1, 0.15) is 12.1 Å². The van der Waals surface area contributed by atoms with Crippen LogP contribution >= 0.6 is 0 Å². The van der Waals surface area contributed by atoms with Crippen molar-refractivity contribution in [2.24, 2.45) is 0 Å². The van der Waals surface area contributed by atoms with Gasteiger partial charge in [0, 0.05) is 49.0 Å². The van der Waals surface area contributed by atoms with Gasteiger partial charge in [-0.1, -0.05) is 203 Å². The molecule has 0 fully saturated rings. The first-order chi connectivity index (χ1) is 39.9. The summed E-state index contributed by atoms with van der Waals surface area (Å²) in [7, 11) is 0. The summed E-state index contributed by atoms with van der Waals surface area (Å²) in [6.07, 6.45) is 0. The van der Waals surface area contributed by atoms with Crippen molar-refractivity contribution >= 4 is 65.4 Å². The van der Waals surface area contributed by atoms with Crippen LogP contribution in [0.5, 0.6) is 0 Å². The van der Waals surface area contributed by atoms with Crippen molar-refractivity contribution in [1.82, 2.24) is 18.7 Å². The van der Waals surface area contributed by atoms with Crippen molar-refractivity contribution < 1.29 is 0 Å². The molecule has 0 spiro atoms. The van der Waals surface area contributed by atoms with Crippen LogP contribution in [0.1, 0.15) is 169 Å². The predicted molar refractivity (Wildman–Crippen MR) is 360 cm³/mol. The van der Waals surface area contributed by atoms with E-state index in [1.54, 1.807) is 6.07 Å². The number of nitrogens with zero attached hydrogens (tertiary/aromatic N) is 6. The van der Waals surface area contributed by atoms with Crippen LogP contribution in [0, 0.1) is 22.7 Å². The van der Waals surface area contributed by atoms with Crippen LogP contribution in [0.3, 0.4) is 0 Å². The summed E-state index contributed by atoms with van der Waals surface area (Å²) in [6, 6.07) is 63.4. The average molecular weight is 1110 g/mol. The lowest BCUT2D eigenvalue weighted by atomic mass is 9.85. The molecule has 4 aromatic heterocycles. The summed E-state index contributed by atoms with van der Waals surface area (Å²) in [5.74, 6) is 0.695. The number of fused-ring (bicyclic) bond motifs is 9. The second-order valence-electron chi connectivity index (χ2n) is 30.1. The quantitative estimate of drug-likeness (QED) is 0.172. The van der Waals surface area contributed by atoms with Crippen LogP contribution in [-0.4, -0.2) is 18.7 Å². The Morgan fingerprint density at radius 3 is 0.953 bits per heavy atom. The first-order valence-electron chi connectivity index (χ1n) is 30.2. The van der Waals surface area contributed by atoms with Crippen molar-refractivity contribution in [3.05, 3.63) is 202 Å². The third-order valence-corrected chi connectivity index (χ3v) is 17.9. The molecule has 0 radical (unpaired) electrons. The summed E-state index contributed by atoms with van der Waals surface area (Å²) in [4.78, 5) is 6.35. The van der Waals surface area contributed by atoms with E-state index in [2.05, 4.69) is 296 Å². The third kappa shape index (κ3) is 9.41. The van der Waals surface area contributed by atoms with Gasteiger partial charge in [0.05, 0.1) is 61.3 Å². The van der Waals surface area contributed by atoms with Gasteiger partial charge in [0.2, 0.25) is 0 Å². The molecule has 85 heavy (non-hydrogen) atoms. The molecule has 0 amide bonds. The molecule has 0 saturated heterocycles. The van der Waals surface area contributed by atoms with E-state index in [9.17, 15) is 10.5 Å². The number of rotatable bonds is 5. The first kappa shape index (κ1) is 56.8. The zero-order valence-corrected chi connectivity index (χ0v) is 53.2. The van der Waals surface area contributed by atoms with Crippen molar-refractivity contribution in [3.63, 3.8) is 0 Å². The normalized spacial score (nSPS) is 13.0. The second-order valence-corrected chi connectivity index (χ2v) is 30.1. The first-order valence-corrected chi connectivity index (χ1v) is 30.2. The van der Waals surface area contributed by atoms with Gasteiger partial charge in [0.25, 0.3) is 0 Å². The van der Waals surface area contributed by atoms with E-state index in [0.29, 0.717) is 22.5 Å². The van der Waals surface area contributed by atoms with Crippen LogP contribution in [0.4, 0.5) is 0 Å². The van der Waals surface area contributed by atoms with Crippen LogP contribution in [0.25, 0.3) is 105 Å². The van der Waals surface area contributed by atoms with Gasteiger partial charge >= 0.3 is 0 Å². The minimum atomic E-state index is -0.150. The minimum Gasteiger partial charge on any atom is -0.306 e. The topological polar surface area (TPSA) is 75.3 Å². The zero-order chi connectivity index (χ0) is 60.8. The van der Waals surface area contributed by atoms with Crippen molar-refractivity contribution in [2.45, 2.75) is 157 Å². The van der Waals surface area contributed by atoms with Gasteiger partial charge in [-0.2, -0.15) is 10.5 Å².